The highest BCUT2D eigenvalue weighted by Gasteiger charge is 2.05. The summed E-state index contributed by atoms with van der Waals surface area (Å²) in [5.41, 5.74) is 0.929. The van der Waals surface area contributed by atoms with E-state index in [4.69, 9.17) is 4.55 Å². The highest BCUT2D eigenvalue weighted by atomic mass is 32.2. The molecule has 0 aromatic heterocycles. The standard InChI is InChI=1S/C8H9FO3S/c9-5-7-1-3-8(4-2-7)6-13(10,11)12/h1-4H,5-6H2,(H,10,11,12). The van der Waals surface area contributed by atoms with Gasteiger partial charge in [-0.15, -0.1) is 0 Å². The molecule has 0 spiro atoms. The van der Waals surface area contributed by atoms with Crippen molar-refractivity contribution < 1.29 is 17.4 Å². The first-order chi connectivity index (χ1) is 6.01. The molecule has 0 saturated heterocycles. The second kappa shape index (κ2) is 3.85. The van der Waals surface area contributed by atoms with Crippen LogP contribution in [-0.2, 0) is 22.5 Å². The van der Waals surface area contributed by atoms with Crippen molar-refractivity contribution in [1.29, 1.82) is 0 Å². The molecule has 0 amide bonds. The Hall–Kier alpha value is -0.940. The minimum Gasteiger partial charge on any atom is -0.285 e. The summed E-state index contributed by atoms with van der Waals surface area (Å²) >= 11 is 0. The maximum absolute atomic E-state index is 12.0. The Bertz CT molecular complexity index is 369. The van der Waals surface area contributed by atoms with Crippen LogP contribution in [0.15, 0.2) is 24.3 Å². The SMILES string of the molecule is O=S(=O)(O)Cc1ccc(CF)cc1. The van der Waals surface area contributed by atoms with Gasteiger partial charge in [-0.3, -0.25) is 4.55 Å². The van der Waals surface area contributed by atoms with Gasteiger partial charge in [0.05, 0.1) is 0 Å². The smallest absolute Gasteiger partial charge is 0.269 e. The quantitative estimate of drug-likeness (QED) is 0.760. The molecule has 0 fully saturated rings. The number of hydrogen-bond acceptors (Lipinski definition) is 2. The van der Waals surface area contributed by atoms with Crippen LogP contribution >= 0.6 is 0 Å². The zero-order chi connectivity index (χ0) is 9.90. The van der Waals surface area contributed by atoms with E-state index in [1.165, 1.54) is 24.3 Å². The summed E-state index contributed by atoms with van der Waals surface area (Å²) in [5.74, 6) is -0.431. The molecule has 0 aliphatic carbocycles. The molecule has 0 aliphatic heterocycles. The molecular formula is C8H9FO3S. The van der Waals surface area contributed by atoms with Gasteiger partial charge in [-0.05, 0) is 11.1 Å². The molecule has 0 unspecified atom stereocenters. The second-order valence-electron chi connectivity index (χ2n) is 2.68. The molecule has 1 aromatic rings. The van der Waals surface area contributed by atoms with Crippen LogP contribution in [0.25, 0.3) is 0 Å². The summed E-state index contributed by atoms with van der Waals surface area (Å²) in [6, 6.07) is 5.92. The van der Waals surface area contributed by atoms with Crippen molar-refractivity contribution in [3.8, 4) is 0 Å². The van der Waals surface area contributed by atoms with Gasteiger partial charge in [0.25, 0.3) is 10.1 Å². The van der Waals surface area contributed by atoms with Gasteiger partial charge >= 0.3 is 0 Å². The van der Waals surface area contributed by atoms with E-state index in [-0.39, 0.29) is 0 Å². The lowest BCUT2D eigenvalue weighted by molar-refractivity contribution is 0.482. The third kappa shape index (κ3) is 3.52. The van der Waals surface area contributed by atoms with E-state index in [9.17, 15) is 12.8 Å². The van der Waals surface area contributed by atoms with Crippen LogP contribution in [0.5, 0.6) is 0 Å². The zero-order valence-electron chi connectivity index (χ0n) is 6.77. The summed E-state index contributed by atoms with van der Waals surface area (Å²) in [4.78, 5) is 0. The molecule has 0 bridgehead atoms. The average molecular weight is 204 g/mol. The minimum atomic E-state index is -3.99. The Morgan fingerprint density at radius 2 is 1.62 bits per heavy atom. The normalized spacial score (nSPS) is 11.5. The fourth-order valence-corrected chi connectivity index (χ4v) is 1.55. The molecule has 1 aromatic carbocycles. The minimum absolute atomic E-state index is 0.431. The summed E-state index contributed by atoms with van der Waals surface area (Å²) in [5, 5.41) is 0. The molecule has 0 saturated carbocycles. The molecule has 0 aliphatic rings. The van der Waals surface area contributed by atoms with E-state index in [1.54, 1.807) is 0 Å². The average Bonchev–Trinajstić information content (AvgIpc) is 2.03. The van der Waals surface area contributed by atoms with Crippen LogP contribution in [0.3, 0.4) is 0 Å². The Morgan fingerprint density at radius 3 is 2.00 bits per heavy atom. The van der Waals surface area contributed by atoms with Gasteiger partial charge in [0, 0.05) is 0 Å². The highest BCUT2D eigenvalue weighted by Crippen LogP contribution is 2.08. The number of rotatable bonds is 3. The fourth-order valence-electron chi connectivity index (χ4n) is 0.935. The van der Waals surface area contributed by atoms with Crippen molar-refractivity contribution in [1.82, 2.24) is 0 Å². The maximum Gasteiger partial charge on any atom is 0.269 e. The molecule has 3 nitrogen and oxygen atoms in total. The van der Waals surface area contributed by atoms with Gasteiger partial charge < -0.3 is 0 Å². The molecule has 5 heteroatoms. The monoisotopic (exact) mass is 204 g/mol. The van der Waals surface area contributed by atoms with Gasteiger partial charge in [0.15, 0.2) is 0 Å². The van der Waals surface area contributed by atoms with E-state index in [0.29, 0.717) is 11.1 Å². The highest BCUT2D eigenvalue weighted by molar-refractivity contribution is 7.85. The lowest BCUT2D eigenvalue weighted by Crippen LogP contribution is -2.01. The Balaban J connectivity index is 2.81. The number of benzene rings is 1. The third-order valence-corrected chi connectivity index (χ3v) is 2.22. The second-order valence-corrected chi connectivity index (χ2v) is 4.13. The molecular weight excluding hydrogens is 195 g/mol. The van der Waals surface area contributed by atoms with E-state index >= 15 is 0 Å². The number of hydrogen-bond donors (Lipinski definition) is 1. The molecule has 72 valence electrons. The predicted octanol–water partition coefficient (Wildman–Crippen LogP) is 1.54. The first-order valence-corrected chi connectivity index (χ1v) is 5.21. The van der Waals surface area contributed by atoms with Gasteiger partial charge in [-0.1, -0.05) is 24.3 Å². The first-order valence-electron chi connectivity index (χ1n) is 3.60. The van der Waals surface area contributed by atoms with Crippen LogP contribution < -0.4 is 0 Å². The van der Waals surface area contributed by atoms with Gasteiger partial charge in [0.1, 0.15) is 12.4 Å². The largest absolute Gasteiger partial charge is 0.285 e. The fraction of sp³-hybridized carbons (Fsp3) is 0.250. The van der Waals surface area contributed by atoms with Crippen LogP contribution in [0.4, 0.5) is 4.39 Å². The van der Waals surface area contributed by atoms with E-state index in [1.807, 2.05) is 0 Å². The Kier molecular flexibility index (Phi) is 3.00. The molecule has 0 radical (unpaired) electrons. The van der Waals surface area contributed by atoms with Crippen LogP contribution in [-0.4, -0.2) is 13.0 Å². The zero-order valence-corrected chi connectivity index (χ0v) is 7.59. The summed E-state index contributed by atoms with van der Waals surface area (Å²) < 4.78 is 41.4. The van der Waals surface area contributed by atoms with Crippen LogP contribution in [0.1, 0.15) is 11.1 Å². The van der Waals surface area contributed by atoms with Crippen LogP contribution in [0, 0.1) is 0 Å². The topological polar surface area (TPSA) is 54.4 Å². The van der Waals surface area contributed by atoms with E-state index in [0.717, 1.165) is 0 Å². The lowest BCUT2D eigenvalue weighted by atomic mass is 10.2. The Morgan fingerprint density at radius 1 is 1.15 bits per heavy atom. The summed E-state index contributed by atoms with van der Waals surface area (Å²) in [6.45, 7) is -0.577. The molecule has 0 atom stereocenters. The third-order valence-electron chi connectivity index (χ3n) is 1.53. The number of halogens is 1. The van der Waals surface area contributed by atoms with Crippen molar-refractivity contribution >= 4 is 10.1 Å². The Labute approximate surface area is 76.0 Å². The van der Waals surface area contributed by atoms with Crippen molar-refractivity contribution in [2.75, 3.05) is 0 Å². The van der Waals surface area contributed by atoms with Crippen molar-refractivity contribution in [3.63, 3.8) is 0 Å². The number of alkyl halides is 1. The van der Waals surface area contributed by atoms with E-state index < -0.39 is 22.5 Å². The molecule has 13 heavy (non-hydrogen) atoms. The van der Waals surface area contributed by atoms with Gasteiger partial charge in [-0.25, -0.2) is 4.39 Å². The lowest BCUT2D eigenvalue weighted by Gasteiger charge is -1.98. The van der Waals surface area contributed by atoms with Gasteiger partial charge in [-0.2, -0.15) is 8.42 Å². The van der Waals surface area contributed by atoms with Crippen LogP contribution in [0.2, 0.25) is 0 Å². The summed E-state index contributed by atoms with van der Waals surface area (Å²) in [6.07, 6.45) is 0. The van der Waals surface area contributed by atoms with Crippen molar-refractivity contribution in [2.24, 2.45) is 0 Å². The molecule has 1 N–H and O–H groups in total. The van der Waals surface area contributed by atoms with Crippen molar-refractivity contribution in [3.05, 3.63) is 35.4 Å². The molecule has 1 rings (SSSR count). The van der Waals surface area contributed by atoms with Gasteiger partial charge in [0.2, 0.25) is 0 Å². The summed E-state index contributed by atoms with van der Waals surface area (Å²) in [7, 11) is -3.99. The molecule has 0 heterocycles. The first kappa shape index (κ1) is 10.1. The predicted molar refractivity (Wildman–Crippen MR) is 46.5 cm³/mol. The van der Waals surface area contributed by atoms with Crippen molar-refractivity contribution in [2.45, 2.75) is 12.4 Å². The maximum atomic E-state index is 12.0. The van der Waals surface area contributed by atoms with E-state index in [2.05, 4.69) is 0 Å².